The van der Waals surface area contributed by atoms with Crippen LogP contribution in [0.2, 0.25) is 0 Å². The highest BCUT2D eigenvalue weighted by Gasteiger charge is 2.45. The van der Waals surface area contributed by atoms with Gasteiger partial charge in [-0.25, -0.2) is 0 Å². The zero-order valence-electron chi connectivity index (χ0n) is 51.8. The van der Waals surface area contributed by atoms with Crippen LogP contribution < -0.4 is 41.5 Å². The van der Waals surface area contributed by atoms with Crippen LogP contribution >= 0.6 is 0 Å². The Bertz CT molecular complexity index is 5380. The molecule has 0 spiro atoms. The van der Waals surface area contributed by atoms with Gasteiger partial charge in [0.2, 0.25) is 0 Å². The van der Waals surface area contributed by atoms with E-state index in [4.69, 9.17) is 0 Å². The third-order valence-electron chi connectivity index (χ3n) is 19.6. The van der Waals surface area contributed by atoms with Crippen LogP contribution in [-0.2, 0) is 0 Å². The Kier molecular flexibility index (Phi) is 14.3. The molecule has 0 aliphatic rings. The smallest absolute Gasteiger partial charge is 0.180 e. The van der Waals surface area contributed by atoms with Crippen molar-refractivity contribution in [3.05, 3.63) is 388 Å². The summed E-state index contributed by atoms with van der Waals surface area (Å²) in [7, 11) is -6.19. The summed E-state index contributed by atoms with van der Waals surface area (Å²) in [4.78, 5) is 0. The molecule has 0 unspecified atom stereocenters. The van der Waals surface area contributed by atoms with Crippen LogP contribution in [0.4, 0.5) is 0 Å². The fourth-order valence-electron chi connectivity index (χ4n) is 15.6. The maximum Gasteiger partial charge on any atom is 0.180 e. The van der Waals surface area contributed by atoms with Gasteiger partial charge in [-0.15, -0.1) is 0 Å². The molecule has 0 bridgehead atoms. The second kappa shape index (κ2) is 23.9. The predicted molar refractivity (Wildman–Crippen MR) is 404 cm³/mol. The normalized spacial score (nSPS) is 11.8. The number of aromatic nitrogens is 2. The largest absolute Gasteiger partial charge is 0.309 e. The molecule has 2 aromatic heterocycles. The maximum absolute atomic E-state index is 3.20. The third-order valence-corrected chi connectivity index (χ3v) is 29.2. The highest BCUT2D eigenvalue weighted by molar-refractivity contribution is 7.21. The van der Waals surface area contributed by atoms with Crippen LogP contribution in [0, 0.1) is 0 Å². The summed E-state index contributed by atoms with van der Waals surface area (Å²) in [5.41, 5.74) is 16.3. The number of para-hydroxylation sites is 3. The van der Waals surface area contributed by atoms with Crippen molar-refractivity contribution in [3.8, 4) is 55.9 Å². The highest BCUT2D eigenvalue weighted by Crippen LogP contribution is 2.44. The summed E-state index contributed by atoms with van der Waals surface area (Å²) >= 11 is 0. The van der Waals surface area contributed by atoms with Gasteiger partial charge in [-0.3, -0.25) is 0 Å². The van der Waals surface area contributed by atoms with Crippen molar-refractivity contribution in [2.75, 3.05) is 0 Å². The molecule has 442 valence electrons. The molecule has 17 aromatic rings. The molecule has 0 aliphatic carbocycles. The van der Waals surface area contributed by atoms with Crippen molar-refractivity contribution < 1.29 is 0 Å². The van der Waals surface area contributed by atoms with Gasteiger partial charge in [-0.2, -0.15) is 0 Å². The van der Waals surface area contributed by atoms with Gasteiger partial charge in [0.1, 0.15) is 0 Å². The Balaban J connectivity index is 0.942. The Labute approximate surface area is 550 Å². The molecule has 0 N–H and O–H groups in total. The number of nitrogens with zero attached hydrogens (tertiary/aromatic N) is 2. The maximum atomic E-state index is 2.59. The van der Waals surface area contributed by atoms with Crippen LogP contribution in [-0.4, -0.2) is 25.3 Å². The molecule has 0 amide bonds. The fraction of sp³-hybridized carbons (Fsp3) is 0. The third kappa shape index (κ3) is 9.21. The van der Waals surface area contributed by atoms with Crippen LogP contribution in [0.3, 0.4) is 0 Å². The first-order valence-corrected chi connectivity index (χ1v) is 36.6. The van der Waals surface area contributed by atoms with E-state index in [2.05, 4.69) is 397 Å². The second-order valence-corrected chi connectivity index (χ2v) is 32.2. The molecule has 94 heavy (non-hydrogen) atoms. The zero-order valence-corrected chi connectivity index (χ0v) is 53.8. The molecular formula is C90H64N2Si2. The van der Waals surface area contributed by atoms with Crippen molar-refractivity contribution in [1.29, 1.82) is 0 Å². The van der Waals surface area contributed by atoms with Crippen molar-refractivity contribution in [1.82, 2.24) is 9.13 Å². The van der Waals surface area contributed by atoms with Gasteiger partial charge in [0.05, 0.1) is 27.8 Å². The Hall–Kier alpha value is -11.7. The van der Waals surface area contributed by atoms with E-state index < -0.39 is 16.1 Å². The van der Waals surface area contributed by atoms with E-state index >= 15 is 0 Å². The van der Waals surface area contributed by atoms with Gasteiger partial charge in [0.15, 0.2) is 16.1 Å². The van der Waals surface area contributed by atoms with E-state index in [0.717, 1.165) is 39.1 Å². The van der Waals surface area contributed by atoms with E-state index in [1.807, 2.05) is 0 Å². The van der Waals surface area contributed by atoms with E-state index in [1.165, 1.54) is 102 Å². The lowest BCUT2D eigenvalue weighted by molar-refractivity contribution is 1.17. The summed E-state index contributed by atoms with van der Waals surface area (Å²) < 4.78 is 5.14. The van der Waals surface area contributed by atoms with Gasteiger partial charge >= 0.3 is 0 Å². The monoisotopic (exact) mass is 1230 g/mol. The summed E-state index contributed by atoms with van der Waals surface area (Å²) in [5, 5.41) is 15.5. The molecule has 15 aromatic carbocycles. The van der Waals surface area contributed by atoms with Crippen molar-refractivity contribution in [2.24, 2.45) is 0 Å². The minimum Gasteiger partial charge on any atom is -0.309 e. The summed E-state index contributed by atoms with van der Waals surface area (Å²) in [6.45, 7) is 0. The quantitative estimate of drug-likeness (QED) is 0.0759. The minimum atomic E-state index is -3.20. The molecule has 2 heterocycles. The van der Waals surface area contributed by atoms with Crippen molar-refractivity contribution in [2.45, 2.75) is 0 Å². The Morgan fingerprint density at radius 3 is 1.10 bits per heavy atom. The van der Waals surface area contributed by atoms with Gasteiger partial charge in [0.25, 0.3) is 0 Å². The van der Waals surface area contributed by atoms with Crippen LogP contribution in [0.25, 0.3) is 99.5 Å². The van der Waals surface area contributed by atoms with Gasteiger partial charge < -0.3 is 9.13 Å². The van der Waals surface area contributed by atoms with Gasteiger partial charge in [-0.1, -0.05) is 358 Å². The number of hydrogen-bond donors (Lipinski definition) is 0. The minimum absolute atomic E-state index is 1.10. The van der Waals surface area contributed by atoms with E-state index in [0.29, 0.717) is 0 Å². The molecule has 17 rings (SSSR count). The van der Waals surface area contributed by atoms with Crippen LogP contribution in [0.15, 0.2) is 388 Å². The molecule has 0 saturated heterocycles. The van der Waals surface area contributed by atoms with Crippen molar-refractivity contribution in [3.63, 3.8) is 0 Å². The van der Waals surface area contributed by atoms with Crippen molar-refractivity contribution >= 4 is 101 Å². The lowest BCUT2D eigenvalue weighted by Crippen LogP contribution is -2.75. The molecule has 4 heteroatoms. The highest BCUT2D eigenvalue weighted by atomic mass is 28.3. The first-order valence-electron chi connectivity index (χ1n) is 32.6. The molecule has 0 atom stereocenters. The SMILES string of the molecule is c1ccc(-c2cccc([Si](c3ccccc3)(c3ccccc3)c3cc(-c4ccccc4)c(-n4c5ccccc5c5cc(-n6c7ccccc7c7cccc(-c8ccccc8[Si](c8ccccc8)(c8ccccc8)c8ccccc8)c76)ccc54)c(-c4ccccc4)c3)c2)cc1. The summed E-state index contributed by atoms with van der Waals surface area (Å²) in [6, 6.07) is 146. The molecular weight excluding hydrogens is 1170 g/mol. The summed E-state index contributed by atoms with van der Waals surface area (Å²) in [6.07, 6.45) is 0. The zero-order chi connectivity index (χ0) is 62.4. The van der Waals surface area contributed by atoms with E-state index in [1.54, 1.807) is 0 Å². The van der Waals surface area contributed by atoms with Gasteiger partial charge in [-0.05, 0) is 99.6 Å². The molecule has 0 radical (unpaired) electrons. The standard InChI is InChI=1S/C90H64N2Si2/c1-9-33-65(34-10-1)68-39-31-50-75(61-68)93(70-40-15-4-16-41-70,71-42-17-5-18-43-71)76-63-82(66-35-11-2-12-36-66)90(83(64-76)67-37-13-3-14-38-67)92-86-57-29-26-52-78(86)84-62-69(59-60-87(84)92)91-85-56-28-25-51-77(85)80-54-32-55-81(89(80)91)79-53-27-30-58-88(79)94(72-44-19-6-20-45-72,73-46-21-7-22-47-73)74-48-23-8-24-49-74/h1-64H. The van der Waals surface area contributed by atoms with Crippen LogP contribution in [0.1, 0.15) is 0 Å². The van der Waals surface area contributed by atoms with E-state index in [-0.39, 0.29) is 0 Å². The number of benzene rings is 15. The lowest BCUT2D eigenvalue weighted by Gasteiger charge is -2.36. The average molecular weight is 1230 g/mol. The number of fused-ring (bicyclic) bond motifs is 6. The molecule has 0 saturated carbocycles. The number of rotatable bonds is 14. The Morgan fingerprint density at radius 2 is 0.564 bits per heavy atom. The topological polar surface area (TPSA) is 9.86 Å². The van der Waals surface area contributed by atoms with Gasteiger partial charge in [0, 0.05) is 43.9 Å². The lowest BCUT2D eigenvalue weighted by atomic mass is 9.95. The first kappa shape index (κ1) is 56.3. The molecule has 0 fully saturated rings. The summed E-state index contributed by atoms with van der Waals surface area (Å²) in [5.74, 6) is 0. The second-order valence-electron chi connectivity index (χ2n) is 24.6. The predicted octanol–water partition coefficient (Wildman–Crippen LogP) is 17.3. The number of hydrogen-bond acceptors (Lipinski definition) is 0. The fourth-order valence-corrected chi connectivity index (χ4v) is 25.4. The molecule has 2 nitrogen and oxygen atoms in total. The van der Waals surface area contributed by atoms with Crippen LogP contribution in [0.5, 0.6) is 0 Å². The molecule has 0 aliphatic heterocycles. The Morgan fingerprint density at radius 1 is 0.191 bits per heavy atom. The first-order chi connectivity index (χ1) is 46.7. The average Bonchev–Trinajstić information content (AvgIpc) is 1.27. The van der Waals surface area contributed by atoms with E-state index in [9.17, 15) is 0 Å².